The quantitative estimate of drug-likeness (QED) is 0.706. The Morgan fingerprint density at radius 3 is 2.56 bits per heavy atom. The summed E-state index contributed by atoms with van der Waals surface area (Å²) in [4.78, 5) is 4.11. The second kappa shape index (κ2) is 6.77. The van der Waals surface area contributed by atoms with Gasteiger partial charge in [-0.15, -0.1) is 0 Å². The molecule has 0 spiro atoms. The van der Waals surface area contributed by atoms with Crippen LogP contribution in [0.5, 0.6) is 0 Å². The summed E-state index contributed by atoms with van der Waals surface area (Å²) >= 11 is 12.0. The van der Waals surface area contributed by atoms with Crippen molar-refractivity contribution in [2.75, 3.05) is 0 Å². The van der Waals surface area contributed by atoms with Crippen molar-refractivity contribution in [2.24, 2.45) is 0 Å². The Labute approximate surface area is 118 Å². The molecule has 1 nitrogen and oxygen atoms in total. The van der Waals surface area contributed by atoms with Crippen molar-refractivity contribution in [3.05, 3.63) is 63.9 Å². The van der Waals surface area contributed by atoms with Crippen LogP contribution in [0.1, 0.15) is 24.0 Å². The number of aromatic nitrogens is 1. The molecular formula is C15H15Cl2N. The maximum absolute atomic E-state index is 6.13. The molecule has 0 saturated carbocycles. The van der Waals surface area contributed by atoms with Crippen molar-refractivity contribution in [3.8, 4) is 0 Å². The van der Waals surface area contributed by atoms with Crippen LogP contribution in [-0.2, 0) is 12.8 Å². The number of benzene rings is 1. The van der Waals surface area contributed by atoms with Gasteiger partial charge in [0.05, 0.1) is 0 Å². The Hall–Kier alpha value is -1.05. The fraction of sp³-hybridized carbons (Fsp3) is 0.267. The van der Waals surface area contributed by atoms with Gasteiger partial charge in [0.1, 0.15) is 0 Å². The third-order valence-corrected chi connectivity index (χ3v) is 3.49. The highest BCUT2D eigenvalue weighted by molar-refractivity contribution is 6.35. The molecular weight excluding hydrogens is 265 g/mol. The highest BCUT2D eigenvalue weighted by Crippen LogP contribution is 2.22. The summed E-state index contributed by atoms with van der Waals surface area (Å²) in [6.45, 7) is 0. The average molecular weight is 280 g/mol. The number of hydrogen-bond acceptors (Lipinski definition) is 1. The molecule has 94 valence electrons. The third-order valence-electron chi connectivity index (χ3n) is 2.90. The van der Waals surface area contributed by atoms with E-state index in [9.17, 15) is 0 Å². The van der Waals surface area contributed by atoms with Crippen LogP contribution in [0.15, 0.2) is 42.7 Å². The second-order valence-electron chi connectivity index (χ2n) is 4.30. The molecule has 1 aromatic heterocycles. The number of unbranched alkanes of at least 4 members (excludes halogenated alkanes) is 1. The van der Waals surface area contributed by atoms with E-state index in [4.69, 9.17) is 23.2 Å². The first-order valence-corrected chi connectivity index (χ1v) is 6.84. The van der Waals surface area contributed by atoms with E-state index >= 15 is 0 Å². The average Bonchev–Trinajstić information content (AvgIpc) is 2.38. The van der Waals surface area contributed by atoms with E-state index in [0.717, 1.165) is 30.7 Å². The fourth-order valence-corrected chi connectivity index (χ4v) is 2.42. The van der Waals surface area contributed by atoms with Gasteiger partial charge >= 0.3 is 0 Å². The minimum atomic E-state index is 0.694. The molecule has 0 amide bonds. The zero-order valence-corrected chi connectivity index (χ0v) is 11.6. The highest BCUT2D eigenvalue weighted by atomic mass is 35.5. The summed E-state index contributed by atoms with van der Waals surface area (Å²) in [5, 5.41) is 1.46. The predicted octanol–water partition coefficient (Wildman–Crippen LogP) is 4.95. The molecule has 1 aromatic carbocycles. The van der Waals surface area contributed by atoms with Crippen LogP contribution in [0.25, 0.3) is 0 Å². The monoisotopic (exact) mass is 279 g/mol. The summed E-state index contributed by atoms with van der Waals surface area (Å²) in [6, 6.07) is 9.80. The van der Waals surface area contributed by atoms with E-state index in [0.29, 0.717) is 5.02 Å². The lowest BCUT2D eigenvalue weighted by atomic mass is 10.0. The van der Waals surface area contributed by atoms with E-state index in [1.807, 2.05) is 24.4 Å². The topological polar surface area (TPSA) is 12.9 Å². The van der Waals surface area contributed by atoms with Crippen molar-refractivity contribution < 1.29 is 0 Å². The van der Waals surface area contributed by atoms with Crippen molar-refractivity contribution in [3.63, 3.8) is 0 Å². The van der Waals surface area contributed by atoms with Crippen molar-refractivity contribution in [2.45, 2.75) is 25.7 Å². The molecule has 1 heterocycles. The molecule has 0 atom stereocenters. The Morgan fingerprint density at radius 1 is 1.00 bits per heavy atom. The van der Waals surface area contributed by atoms with Gasteiger partial charge in [-0.3, -0.25) is 4.98 Å². The Morgan fingerprint density at radius 2 is 1.83 bits per heavy atom. The molecule has 3 heteroatoms. The molecule has 0 bridgehead atoms. The number of rotatable bonds is 5. The molecule has 0 aliphatic rings. The normalized spacial score (nSPS) is 10.6. The highest BCUT2D eigenvalue weighted by Gasteiger charge is 2.01. The number of halogens is 2. The zero-order valence-electron chi connectivity index (χ0n) is 10.1. The molecule has 18 heavy (non-hydrogen) atoms. The van der Waals surface area contributed by atoms with Crippen molar-refractivity contribution >= 4 is 23.2 Å². The molecule has 0 fully saturated rings. The van der Waals surface area contributed by atoms with Gasteiger partial charge in [-0.1, -0.05) is 35.3 Å². The summed E-state index contributed by atoms with van der Waals surface area (Å²) in [7, 11) is 0. The Bertz CT molecular complexity index is 497. The second-order valence-corrected chi connectivity index (χ2v) is 5.15. The molecule has 0 radical (unpaired) electrons. The minimum Gasteiger partial charge on any atom is -0.264 e. The van der Waals surface area contributed by atoms with Gasteiger partial charge in [0.25, 0.3) is 0 Å². The molecule has 0 aliphatic heterocycles. The first-order chi connectivity index (χ1) is 8.75. The SMILES string of the molecule is Clc1ccc(CCCCc2cccnc2)c(Cl)c1. The lowest BCUT2D eigenvalue weighted by molar-refractivity contribution is 0.733. The van der Waals surface area contributed by atoms with E-state index in [1.165, 1.54) is 11.1 Å². The van der Waals surface area contributed by atoms with Crippen LogP contribution in [-0.4, -0.2) is 4.98 Å². The molecule has 0 unspecified atom stereocenters. The van der Waals surface area contributed by atoms with Gasteiger partial charge in [0.15, 0.2) is 0 Å². The third kappa shape index (κ3) is 4.01. The predicted molar refractivity (Wildman–Crippen MR) is 77.3 cm³/mol. The lowest BCUT2D eigenvalue weighted by Crippen LogP contribution is -1.90. The summed E-state index contributed by atoms with van der Waals surface area (Å²) in [5.41, 5.74) is 2.46. The van der Waals surface area contributed by atoms with E-state index in [-0.39, 0.29) is 0 Å². The number of aryl methyl sites for hydroxylation is 2. The molecule has 0 aliphatic carbocycles. The van der Waals surface area contributed by atoms with Gasteiger partial charge in [-0.05, 0) is 55.0 Å². The van der Waals surface area contributed by atoms with Crippen LogP contribution in [0.4, 0.5) is 0 Å². The molecule has 0 saturated heterocycles. The lowest BCUT2D eigenvalue weighted by Gasteiger charge is -2.05. The minimum absolute atomic E-state index is 0.694. The number of nitrogens with zero attached hydrogens (tertiary/aromatic N) is 1. The zero-order chi connectivity index (χ0) is 12.8. The number of hydrogen-bond donors (Lipinski definition) is 0. The van der Waals surface area contributed by atoms with Crippen LogP contribution >= 0.6 is 23.2 Å². The van der Waals surface area contributed by atoms with Gasteiger partial charge in [0.2, 0.25) is 0 Å². The van der Waals surface area contributed by atoms with Crippen LogP contribution in [0.3, 0.4) is 0 Å². The standard InChI is InChI=1S/C15H15Cl2N/c16-14-8-7-13(15(17)10-14)6-2-1-4-12-5-3-9-18-11-12/h3,5,7-11H,1-2,4,6H2. The van der Waals surface area contributed by atoms with Crippen LogP contribution in [0, 0.1) is 0 Å². The van der Waals surface area contributed by atoms with Crippen molar-refractivity contribution in [1.82, 2.24) is 4.98 Å². The smallest absolute Gasteiger partial charge is 0.0452 e. The van der Waals surface area contributed by atoms with Gasteiger partial charge in [0, 0.05) is 22.4 Å². The first-order valence-electron chi connectivity index (χ1n) is 6.08. The first kappa shape index (κ1) is 13.4. The van der Waals surface area contributed by atoms with Crippen LogP contribution in [0.2, 0.25) is 10.0 Å². The van der Waals surface area contributed by atoms with E-state index < -0.39 is 0 Å². The van der Waals surface area contributed by atoms with Crippen molar-refractivity contribution in [1.29, 1.82) is 0 Å². The largest absolute Gasteiger partial charge is 0.264 e. The molecule has 0 N–H and O–H groups in total. The molecule has 2 aromatic rings. The molecule has 2 rings (SSSR count). The summed E-state index contributed by atoms with van der Waals surface area (Å²) in [5.74, 6) is 0. The summed E-state index contributed by atoms with van der Waals surface area (Å²) in [6.07, 6.45) is 8.06. The Kier molecular flexibility index (Phi) is 5.03. The maximum Gasteiger partial charge on any atom is 0.0452 e. The van der Waals surface area contributed by atoms with E-state index in [1.54, 1.807) is 12.3 Å². The number of pyridine rings is 1. The fourth-order valence-electron chi connectivity index (χ4n) is 1.92. The van der Waals surface area contributed by atoms with E-state index in [2.05, 4.69) is 11.1 Å². The Balaban J connectivity index is 1.79. The van der Waals surface area contributed by atoms with Gasteiger partial charge in [-0.25, -0.2) is 0 Å². The van der Waals surface area contributed by atoms with Crippen LogP contribution < -0.4 is 0 Å². The van der Waals surface area contributed by atoms with Gasteiger partial charge in [-0.2, -0.15) is 0 Å². The summed E-state index contributed by atoms with van der Waals surface area (Å²) < 4.78 is 0. The van der Waals surface area contributed by atoms with Gasteiger partial charge < -0.3 is 0 Å². The maximum atomic E-state index is 6.13.